The number of aromatic nitrogens is 2. The van der Waals surface area contributed by atoms with Gasteiger partial charge in [0.25, 0.3) is 0 Å². The number of hydrogen-bond acceptors (Lipinski definition) is 4. The molecule has 2 rings (SSSR count). The van der Waals surface area contributed by atoms with Crippen molar-refractivity contribution < 1.29 is 0 Å². The highest BCUT2D eigenvalue weighted by atomic mass is 35.5. The monoisotopic (exact) mass is 257 g/mol. The van der Waals surface area contributed by atoms with Gasteiger partial charge in [0.05, 0.1) is 5.69 Å². The first kappa shape index (κ1) is 12.8. The van der Waals surface area contributed by atoms with Crippen molar-refractivity contribution in [2.75, 3.05) is 33.2 Å². The van der Waals surface area contributed by atoms with Crippen LogP contribution < -0.4 is 5.43 Å². The van der Waals surface area contributed by atoms with E-state index in [-0.39, 0.29) is 0 Å². The van der Waals surface area contributed by atoms with Gasteiger partial charge in [0, 0.05) is 45.3 Å². The van der Waals surface area contributed by atoms with Crippen LogP contribution in [-0.2, 0) is 13.6 Å². The smallest absolute Gasteiger partial charge is 0.131 e. The van der Waals surface area contributed by atoms with E-state index >= 15 is 0 Å². The van der Waals surface area contributed by atoms with Gasteiger partial charge < -0.3 is 4.90 Å². The molecule has 1 N–H and O–H groups in total. The van der Waals surface area contributed by atoms with E-state index in [2.05, 4.69) is 27.5 Å². The maximum atomic E-state index is 6.19. The zero-order valence-electron chi connectivity index (χ0n) is 10.7. The summed E-state index contributed by atoms with van der Waals surface area (Å²) in [5.74, 6) is 0. The lowest BCUT2D eigenvalue weighted by Gasteiger charge is -2.32. The number of rotatable bonds is 3. The Morgan fingerprint density at radius 1 is 1.24 bits per heavy atom. The largest absolute Gasteiger partial charge is 0.304 e. The van der Waals surface area contributed by atoms with Gasteiger partial charge in [0.2, 0.25) is 0 Å². The van der Waals surface area contributed by atoms with E-state index in [1.54, 1.807) is 4.68 Å². The molecule has 17 heavy (non-hydrogen) atoms. The molecule has 0 amide bonds. The number of hydrazine groups is 1. The topological polar surface area (TPSA) is 36.3 Å². The average Bonchev–Trinajstić information content (AvgIpc) is 2.54. The van der Waals surface area contributed by atoms with Crippen LogP contribution in [-0.4, -0.2) is 52.9 Å². The maximum absolute atomic E-state index is 6.19. The predicted molar refractivity (Wildman–Crippen MR) is 68.9 cm³/mol. The van der Waals surface area contributed by atoms with Gasteiger partial charge in [-0.25, -0.2) is 5.01 Å². The van der Waals surface area contributed by atoms with E-state index < -0.39 is 0 Å². The molecule has 0 spiro atoms. The second-order valence-corrected chi connectivity index (χ2v) is 4.96. The van der Waals surface area contributed by atoms with Gasteiger partial charge in [-0.1, -0.05) is 11.6 Å². The quantitative estimate of drug-likeness (QED) is 0.862. The maximum Gasteiger partial charge on any atom is 0.131 e. The first-order valence-electron chi connectivity index (χ1n) is 5.93. The van der Waals surface area contributed by atoms with Crippen LogP contribution in [0.3, 0.4) is 0 Å². The van der Waals surface area contributed by atoms with E-state index in [9.17, 15) is 0 Å². The lowest BCUT2D eigenvalue weighted by molar-refractivity contribution is 0.102. The van der Waals surface area contributed by atoms with E-state index in [1.165, 1.54) is 0 Å². The zero-order chi connectivity index (χ0) is 12.4. The summed E-state index contributed by atoms with van der Waals surface area (Å²) in [6, 6.07) is 0. The molecule has 1 saturated heterocycles. The zero-order valence-corrected chi connectivity index (χ0v) is 11.5. The standard InChI is InChI=1S/C11H20ClN5/c1-9-10(11(12)16(3)14-9)8-13-17-6-4-15(2)5-7-17/h13H,4-8H2,1-3H3. The highest BCUT2D eigenvalue weighted by molar-refractivity contribution is 6.30. The van der Waals surface area contributed by atoms with Gasteiger partial charge in [0.15, 0.2) is 0 Å². The summed E-state index contributed by atoms with van der Waals surface area (Å²) in [6.07, 6.45) is 0. The van der Waals surface area contributed by atoms with Crippen molar-refractivity contribution in [2.45, 2.75) is 13.5 Å². The predicted octanol–water partition coefficient (Wildman–Crippen LogP) is 0.634. The molecule has 6 heteroatoms. The first-order chi connectivity index (χ1) is 8.08. The molecule has 1 aromatic heterocycles. The second kappa shape index (κ2) is 5.35. The highest BCUT2D eigenvalue weighted by Gasteiger charge is 2.15. The van der Waals surface area contributed by atoms with E-state index in [1.807, 2.05) is 14.0 Å². The summed E-state index contributed by atoms with van der Waals surface area (Å²) < 4.78 is 1.72. The summed E-state index contributed by atoms with van der Waals surface area (Å²) in [7, 11) is 4.02. The molecule has 96 valence electrons. The van der Waals surface area contributed by atoms with Crippen molar-refractivity contribution in [3.63, 3.8) is 0 Å². The molecule has 5 nitrogen and oxygen atoms in total. The summed E-state index contributed by atoms with van der Waals surface area (Å²) in [6.45, 7) is 7.05. The molecule has 1 aromatic rings. The third-order valence-electron chi connectivity index (χ3n) is 3.25. The minimum atomic E-state index is 0.726. The summed E-state index contributed by atoms with van der Waals surface area (Å²) >= 11 is 6.19. The summed E-state index contributed by atoms with van der Waals surface area (Å²) in [5, 5.41) is 7.28. The van der Waals surface area contributed by atoms with E-state index in [0.717, 1.165) is 49.1 Å². The van der Waals surface area contributed by atoms with Crippen LogP contribution in [0, 0.1) is 6.92 Å². The van der Waals surface area contributed by atoms with Crippen LogP contribution in [0.4, 0.5) is 0 Å². The van der Waals surface area contributed by atoms with Gasteiger partial charge in [-0.3, -0.25) is 10.1 Å². The number of likely N-dealkylation sites (N-methyl/N-ethyl adjacent to an activating group) is 1. The van der Waals surface area contributed by atoms with Crippen molar-refractivity contribution in [3.8, 4) is 0 Å². The molecular weight excluding hydrogens is 238 g/mol. The Morgan fingerprint density at radius 3 is 2.41 bits per heavy atom. The molecule has 0 atom stereocenters. The number of hydrogen-bond donors (Lipinski definition) is 1. The minimum absolute atomic E-state index is 0.726. The van der Waals surface area contributed by atoms with Crippen LogP contribution in [0.15, 0.2) is 0 Å². The Balaban J connectivity index is 1.89. The molecule has 1 fully saturated rings. The third kappa shape index (κ3) is 2.98. The number of piperazine rings is 1. The Hall–Kier alpha value is -0.620. The van der Waals surface area contributed by atoms with Crippen LogP contribution in [0.25, 0.3) is 0 Å². The SMILES string of the molecule is Cc1nn(C)c(Cl)c1CNN1CCN(C)CC1. The molecule has 1 aliphatic heterocycles. The van der Waals surface area contributed by atoms with Gasteiger partial charge in [-0.2, -0.15) is 5.10 Å². The summed E-state index contributed by atoms with van der Waals surface area (Å²) in [5.41, 5.74) is 5.51. The number of nitrogens with one attached hydrogen (secondary N) is 1. The highest BCUT2D eigenvalue weighted by Crippen LogP contribution is 2.18. The minimum Gasteiger partial charge on any atom is -0.304 e. The molecule has 0 aliphatic carbocycles. The van der Waals surface area contributed by atoms with Gasteiger partial charge in [0.1, 0.15) is 5.15 Å². The van der Waals surface area contributed by atoms with Gasteiger partial charge in [-0.05, 0) is 14.0 Å². The normalized spacial score (nSPS) is 18.8. The molecule has 2 heterocycles. The lowest BCUT2D eigenvalue weighted by Crippen LogP contribution is -2.50. The lowest BCUT2D eigenvalue weighted by atomic mass is 10.3. The van der Waals surface area contributed by atoms with Gasteiger partial charge >= 0.3 is 0 Å². The Labute approximate surface area is 107 Å². The molecule has 0 unspecified atom stereocenters. The van der Waals surface area contributed by atoms with E-state index in [4.69, 9.17) is 11.6 Å². The summed E-state index contributed by atoms with van der Waals surface area (Å²) in [4.78, 5) is 2.33. The van der Waals surface area contributed by atoms with Crippen molar-refractivity contribution in [1.29, 1.82) is 0 Å². The van der Waals surface area contributed by atoms with Crippen LogP contribution in [0.5, 0.6) is 0 Å². The van der Waals surface area contributed by atoms with Crippen molar-refractivity contribution in [2.24, 2.45) is 7.05 Å². The number of nitrogens with zero attached hydrogens (tertiary/aromatic N) is 4. The average molecular weight is 258 g/mol. The van der Waals surface area contributed by atoms with Gasteiger partial charge in [-0.15, -0.1) is 0 Å². The van der Waals surface area contributed by atoms with Crippen molar-refractivity contribution in [3.05, 3.63) is 16.4 Å². The molecular formula is C11H20ClN5. The first-order valence-corrected chi connectivity index (χ1v) is 6.30. The molecule has 0 saturated carbocycles. The number of halogens is 1. The Morgan fingerprint density at radius 2 is 1.88 bits per heavy atom. The molecule has 0 radical (unpaired) electrons. The van der Waals surface area contributed by atoms with E-state index in [0.29, 0.717) is 0 Å². The fraction of sp³-hybridized carbons (Fsp3) is 0.727. The van der Waals surface area contributed by atoms with Crippen LogP contribution in [0.1, 0.15) is 11.3 Å². The fourth-order valence-electron chi connectivity index (χ4n) is 2.03. The van der Waals surface area contributed by atoms with Crippen molar-refractivity contribution >= 4 is 11.6 Å². The second-order valence-electron chi connectivity index (χ2n) is 4.60. The van der Waals surface area contributed by atoms with Crippen LogP contribution in [0.2, 0.25) is 5.15 Å². The fourth-order valence-corrected chi connectivity index (χ4v) is 2.27. The molecule has 0 bridgehead atoms. The Kier molecular flexibility index (Phi) is 4.04. The Bertz CT molecular complexity index is 381. The number of aryl methyl sites for hydroxylation is 2. The molecule has 1 aliphatic rings. The third-order valence-corrected chi connectivity index (χ3v) is 3.73. The van der Waals surface area contributed by atoms with Crippen LogP contribution >= 0.6 is 11.6 Å². The van der Waals surface area contributed by atoms with Crippen molar-refractivity contribution in [1.82, 2.24) is 25.1 Å². The molecule has 0 aromatic carbocycles.